The third-order valence-corrected chi connectivity index (χ3v) is 42.0. The van der Waals surface area contributed by atoms with Gasteiger partial charge in [-0.05, 0) is 0 Å². The molecule has 76 heavy (non-hydrogen) atoms. The summed E-state index contributed by atoms with van der Waals surface area (Å²) in [7, 11) is 0. The topological polar surface area (TPSA) is 18.5 Å². The Labute approximate surface area is 456 Å². The third kappa shape index (κ3) is 5.75. The van der Waals surface area contributed by atoms with Gasteiger partial charge in [-0.3, -0.25) is 0 Å². The van der Waals surface area contributed by atoms with Gasteiger partial charge in [0.2, 0.25) is 0 Å². The molecule has 2 heterocycles. The molecular weight excluding hydrogens is 1040 g/mol. The fourth-order valence-corrected chi connectivity index (χ4v) is 44.0. The van der Waals surface area contributed by atoms with E-state index in [0.29, 0.717) is 0 Å². The van der Waals surface area contributed by atoms with Crippen LogP contribution in [0.15, 0.2) is 170 Å². The molecule has 9 aromatic carbocycles. The van der Waals surface area contributed by atoms with Crippen molar-refractivity contribution < 1.29 is 7.53 Å². The van der Waals surface area contributed by atoms with Crippen LogP contribution >= 0.6 is 0 Å². The minimum atomic E-state index is -4.56. The maximum atomic E-state index is 8.89. The van der Waals surface area contributed by atoms with Crippen LogP contribution in [0.3, 0.4) is 0 Å². The van der Waals surface area contributed by atoms with Gasteiger partial charge in [0.05, 0.1) is 0 Å². The van der Waals surface area contributed by atoms with Gasteiger partial charge in [-0.15, -0.1) is 0 Å². The Morgan fingerprint density at radius 2 is 0.526 bits per heavy atom. The molecule has 0 amide bonds. The van der Waals surface area contributed by atoms with Gasteiger partial charge in [-0.25, -0.2) is 0 Å². The number of hydrogen-bond acceptors (Lipinski definition) is 2. The van der Waals surface area contributed by atoms with Crippen LogP contribution in [-0.2, 0) is 8.49 Å². The first-order valence-corrected chi connectivity index (χ1v) is 35.6. The van der Waals surface area contributed by atoms with Gasteiger partial charge >= 0.3 is 460 Å². The molecule has 0 bridgehead atoms. The van der Waals surface area contributed by atoms with E-state index in [2.05, 4.69) is 253 Å². The number of aryl methyl sites for hydroxylation is 12. The van der Waals surface area contributed by atoms with Gasteiger partial charge in [-0.2, -0.15) is 0 Å². The number of hydrogen-bond donors (Lipinski definition) is 0. The summed E-state index contributed by atoms with van der Waals surface area (Å²) in [4.78, 5) is 0. The molecule has 2 spiro atoms. The summed E-state index contributed by atoms with van der Waals surface area (Å²) in [6.07, 6.45) is 5.51. The van der Waals surface area contributed by atoms with Crippen LogP contribution in [0.1, 0.15) is 112 Å². The van der Waals surface area contributed by atoms with Gasteiger partial charge in [0.25, 0.3) is 0 Å². The second-order valence-electron chi connectivity index (χ2n) is 23.7. The first-order valence-electron chi connectivity index (χ1n) is 27.6. The van der Waals surface area contributed by atoms with Crippen molar-refractivity contribution in [3.8, 4) is 33.8 Å². The van der Waals surface area contributed by atoms with Crippen LogP contribution in [0.5, 0.6) is 11.5 Å². The SMILES string of the molecule is Cc1cc(C)[c]([Ge]2([c]3c(C)cc(C)cc3C)[O]c3ccc4c5c3[C@@H](C=C[C@H]5[C]3(c5ccccc5-c5ccccc53)[Ge]([c]3c(C)cc(C)cc3C)([c]3c(C)cc(C)cc3C)[O]4)[C]23c2ccccc2-c2ccccc23)c(C)c1. The molecule has 5 aliphatic rings. The number of benzene rings is 9. The molecule has 3 aliphatic carbocycles. The molecule has 0 unspecified atom stereocenters. The van der Waals surface area contributed by atoms with Crippen LogP contribution in [0.25, 0.3) is 22.3 Å². The summed E-state index contributed by atoms with van der Waals surface area (Å²) < 4.78 is 22.3. The molecule has 4 heteroatoms. The van der Waals surface area contributed by atoms with Crippen LogP contribution in [0, 0.1) is 83.1 Å². The van der Waals surface area contributed by atoms with Crippen molar-refractivity contribution in [2.24, 2.45) is 0 Å². The number of allylic oxidation sites excluding steroid dienone is 2. The van der Waals surface area contributed by atoms with Crippen molar-refractivity contribution in [3.05, 3.63) is 270 Å². The Kier molecular flexibility index (Phi) is 10.4. The number of rotatable bonds is 4. The van der Waals surface area contributed by atoms with Crippen molar-refractivity contribution in [1.82, 2.24) is 0 Å². The second kappa shape index (κ2) is 16.5. The molecular formula is C72H66Ge2O2. The molecule has 14 rings (SSSR count). The molecule has 0 fully saturated rings. The summed E-state index contributed by atoms with van der Waals surface area (Å²) in [5, 5.41) is 0. The summed E-state index contributed by atoms with van der Waals surface area (Å²) in [6.45, 7) is 28.1. The van der Waals surface area contributed by atoms with Crippen molar-refractivity contribution in [3.63, 3.8) is 0 Å². The van der Waals surface area contributed by atoms with E-state index in [9.17, 15) is 0 Å². The fourth-order valence-electron chi connectivity index (χ4n) is 17.6. The Morgan fingerprint density at radius 3 is 0.763 bits per heavy atom. The Morgan fingerprint density at radius 1 is 0.303 bits per heavy atom. The normalized spacial score (nSPS) is 18.6. The van der Waals surface area contributed by atoms with Crippen LogP contribution in [0.4, 0.5) is 0 Å². The van der Waals surface area contributed by atoms with Crippen LogP contribution in [0.2, 0.25) is 0 Å². The van der Waals surface area contributed by atoms with Gasteiger partial charge in [0, 0.05) is 0 Å². The molecule has 0 aromatic heterocycles. The zero-order chi connectivity index (χ0) is 52.5. The predicted molar refractivity (Wildman–Crippen MR) is 320 cm³/mol. The van der Waals surface area contributed by atoms with E-state index in [4.69, 9.17) is 7.53 Å². The van der Waals surface area contributed by atoms with Crippen molar-refractivity contribution in [1.29, 1.82) is 0 Å². The molecule has 2 aliphatic heterocycles. The molecule has 0 saturated heterocycles. The van der Waals surface area contributed by atoms with E-state index in [-0.39, 0.29) is 11.8 Å². The molecule has 0 radical (unpaired) electrons. The maximum absolute atomic E-state index is 8.89. The summed E-state index contributed by atoms with van der Waals surface area (Å²) in [5.74, 6) is 1.86. The second-order valence-corrected chi connectivity index (χ2v) is 37.8. The van der Waals surface area contributed by atoms with Crippen LogP contribution in [-0.4, -0.2) is 27.2 Å². The fraction of sp³-hybridized carbons (Fsp3) is 0.222. The van der Waals surface area contributed by atoms with E-state index in [0.717, 1.165) is 11.5 Å². The van der Waals surface area contributed by atoms with Crippen molar-refractivity contribution >= 4 is 44.8 Å². The van der Waals surface area contributed by atoms with E-state index in [1.54, 1.807) is 0 Å². The predicted octanol–water partition coefficient (Wildman–Crippen LogP) is 14.4. The minimum absolute atomic E-state index is 0.0920. The quantitative estimate of drug-likeness (QED) is 0.129. The molecule has 2 nitrogen and oxygen atoms in total. The van der Waals surface area contributed by atoms with Crippen LogP contribution < -0.4 is 25.1 Å². The third-order valence-electron chi connectivity index (χ3n) is 19.0. The monoisotopic (exact) mass is 1110 g/mol. The van der Waals surface area contributed by atoms with E-state index in [1.807, 2.05) is 0 Å². The number of fused-ring (bicyclic) bond motifs is 12. The Hall–Kier alpha value is -6.59. The van der Waals surface area contributed by atoms with Gasteiger partial charge < -0.3 is 0 Å². The van der Waals surface area contributed by atoms with Gasteiger partial charge in [0.15, 0.2) is 0 Å². The summed E-state index contributed by atoms with van der Waals surface area (Å²) in [5.41, 5.74) is 29.2. The van der Waals surface area contributed by atoms with E-state index in [1.165, 1.54) is 140 Å². The average Bonchev–Trinajstić information content (AvgIpc) is 2.67. The molecule has 2 atom stereocenters. The van der Waals surface area contributed by atoms with E-state index < -0.39 is 35.7 Å². The Balaban J connectivity index is 1.21. The average molecular weight is 1110 g/mol. The zero-order valence-corrected chi connectivity index (χ0v) is 50.3. The van der Waals surface area contributed by atoms with Crippen molar-refractivity contribution in [2.75, 3.05) is 0 Å². The van der Waals surface area contributed by atoms with Crippen molar-refractivity contribution in [2.45, 2.75) is 103 Å². The standard InChI is InChI=1S/C72H66Ge2O2/c1-41-33-45(5)67(46(6)34-41)73(68-47(7)35-42(2)36-48(68)8)71(57-25-17-13-21-53(57)54-22-14-18-26-58(54)71)61-29-30-62-66-64(32-31-63(75-73)65(61)66)76-74(69-49(9)37-43(3)38-50(69)10,70-51(11)39-44(4)40-52(70)12)72(62)59-27-19-15-23-55(59)56-24-16-20-28-60(56)72/h13-40,61-62H,1-12H3/t61-,62-/m1/s1. The molecule has 374 valence electrons. The summed E-state index contributed by atoms with van der Waals surface area (Å²) in [6, 6.07) is 62.1. The molecule has 9 aromatic rings. The zero-order valence-electron chi connectivity index (χ0n) is 46.1. The van der Waals surface area contributed by atoms with E-state index >= 15 is 0 Å². The van der Waals surface area contributed by atoms with Gasteiger partial charge in [-0.1, -0.05) is 0 Å². The van der Waals surface area contributed by atoms with Gasteiger partial charge in [0.1, 0.15) is 0 Å². The first-order chi connectivity index (χ1) is 36.6. The summed E-state index contributed by atoms with van der Waals surface area (Å²) >= 11 is -9.12. The molecule has 0 saturated carbocycles. The Bertz CT molecular complexity index is 3520. The molecule has 0 N–H and O–H groups in total. The first kappa shape index (κ1) is 47.8.